The molecule has 0 radical (unpaired) electrons. The van der Waals surface area contributed by atoms with Gasteiger partial charge in [-0.2, -0.15) is 4.98 Å². The first-order chi connectivity index (χ1) is 11.7. The van der Waals surface area contributed by atoms with E-state index in [9.17, 15) is 4.79 Å². The number of carbonyl (C=O) groups is 1. The topological polar surface area (TPSA) is 68.5 Å². The van der Waals surface area contributed by atoms with E-state index in [1.165, 1.54) is 5.56 Å². The van der Waals surface area contributed by atoms with Gasteiger partial charge in [-0.3, -0.25) is 4.79 Å². The second-order valence-electron chi connectivity index (χ2n) is 6.08. The van der Waals surface area contributed by atoms with E-state index < -0.39 is 0 Å². The number of hydrogen-bond acceptors (Lipinski definition) is 5. The van der Waals surface area contributed by atoms with E-state index in [1.807, 2.05) is 36.1 Å². The Morgan fingerprint density at radius 2 is 2.12 bits per heavy atom. The Bertz CT molecular complexity index is 681. The quantitative estimate of drug-likeness (QED) is 0.815. The van der Waals surface area contributed by atoms with Crippen molar-refractivity contribution in [2.45, 2.75) is 38.5 Å². The molecule has 3 rings (SSSR count). The fourth-order valence-corrected chi connectivity index (χ4v) is 2.97. The molecule has 0 aliphatic carbocycles. The highest BCUT2D eigenvalue weighted by Crippen LogP contribution is 2.26. The lowest BCUT2D eigenvalue weighted by molar-refractivity contribution is -0.133. The lowest BCUT2D eigenvalue weighted by atomic mass is 9.97. The lowest BCUT2D eigenvalue weighted by Gasteiger charge is -2.31. The Balaban J connectivity index is 1.60. The summed E-state index contributed by atoms with van der Waals surface area (Å²) in [6.07, 6.45) is 2.91. The first kappa shape index (κ1) is 16.5. The summed E-state index contributed by atoms with van der Waals surface area (Å²) >= 11 is 0. The van der Waals surface area contributed by atoms with Gasteiger partial charge in [0, 0.05) is 25.9 Å². The van der Waals surface area contributed by atoms with Crippen molar-refractivity contribution in [2.24, 2.45) is 0 Å². The molecule has 24 heavy (non-hydrogen) atoms. The second-order valence-corrected chi connectivity index (χ2v) is 6.08. The normalized spacial score (nSPS) is 18.0. The van der Waals surface area contributed by atoms with Crippen LogP contribution < -0.4 is 4.74 Å². The lowest BCUT2D eigenvalue weighted by Crippen LogP contribution is -2.40. The molecule has 1 aromatic carbocycles. The second kappa shape index (κ2) is 7.47. The highest BCUT2D eigenvalue weighted by molar-refractivity contribution is 5.77. The van der Waals surface area contributed by atoms with Gasteiger partial charge in [-0.05, 0) is 30.5 Å². The Kier molecular flexibility index (Phi) is 5.13. The standard InChI is InChI=1S/C18H23N3O3/c1-3-16-19-18(24-20-16)14-6-9-17(22)21(12-14)11-10-13-4-7-15(23-2)8-5-13/h4-5,7-8,14H,3,6,9-12H2,1-2H3. The minimum Gasteiger partial charge on any atom is -0.497 e. The molecular weight excluding hydrogens is 306 g/mol. The molecule has 1 amide bonds. The van der Waals surface area contributed by atoms with Crippen molar-refractivity contribution in [3.63, 3.8) is 0 Å². The number of benzene rings is 1. The average Bonchev–Trinajstić information content (AvgIpc) is 3.10. The largest absolute Gasteiger partial charge is 0.497 e. The maximum absolute atomic E-state index is 12.2. The van der Waals surface area contributed by atoms with E-state index in [-0.39, 0.29) is 11.8 Å². The van der Waals surface area contributed by atoms with Crippen LogP contribution >= 0.6 is 0 Å². The van der Waals surface area contributed by atoms with Crippen LogP contribution in [0.5, 0.6) is 5.75 Å². The predicted octanol–water partition coefficient (Wildman–Crippen LogP) is 2.59. The number of rotatable bonds is 6. The van der Waals surface area contributed by atoms with Gasteiger partial charge in [0.05, 0.1) is 13.0 Å². The maximum atomic E-state index is 12.2. The molecule has 6 nitrogen and oxygen atoms in total. The molecule has 0 spiro atoms. The zero-order valence-electron chi connectivity index (χ0n) is 14.2. The van der Waals surface area contributed by atoms with Gasteiger partial charge in [0.15, 0.2) is 5.82 Å². The molecule has 2 aromatic rings. The van der Waals surface area contributed by atoms with Gasteiger partial charge in [0.25, 0.3) is 0 Å². The van der Waals surface area contributed by atoms with Gasteiger partial charge in [-0.1, -0.05) is 24.2 Å². The monoisotopic (exact) mass is 329 g/mol. The first-order valence-electron chi connectivity index (χ1n) is 8.42. The number of hydrogen-bond donors (Lipinski definition) is 0. The molecule has 1 aliphatic heterocycles. The highest BCUT2D eigenvalue weighted by Gasteiger charge is 2.29. The minimum absolute atomic E-state index is 0.145. The number of piperidine rings is 1. The Morgan fingerprint density at radius 1 is 1.33 bits per heavy atom. The summed E-state index contributed by atoms with van der Waals surface area (Å²) in [6, 6.07) is 7.97. The van der Waals surface area contributed by atoms with E-state index >= 15 is 0 Å². The number of methoxy groups -OCH3 is 1. The smallest absolute Gasteiger partial charge is 0.231 e. The van der Waals surface area contributed by atoms with Crippen molar-refractivity contribution in [3.8, 4) is 5.75 Å². The Labute approximate surface area is 141 Å². The van der Waals surface area contributed by atoms with Gasteiger partial charge in [0.1, 0.15) is 5.75 Å². The van der Waals surface area contributed by atoms with Crippen LogP contribution in [-0.4, -0.2) is 41.1 Å². The highest BCUT2D eigenvalue weighted by atomic mass is 16.5. The van der Waals surface area contributed by atoms with Crippen LogP contribution in [0, 0.1) is 0 Å². The summed E-state index contributed by atoms with van der Waals surface area (Å²) in [5, 5.41) is 3.96. The summed E-state index contributed by atoms with van der Waals surface area (Å²) in [4.78, 5) is 18.5. The number of nitrogens with zero attached hydrogens (tertiary/aromatic N) is 3. The van der Waals surface area contributed by atoms with Crippen LogP contribution in [0.2, 0.25) is 0 Å². The number of likely N-dealkylation sites (tertiary alicyclic amines) is 1. The van der Waals surface area contributed by atoms with E-state index in [0.29, 0.717) is 25.4 Å². The summed E-state index contributed by atoms with van der Waals surface area (Å²) in [5.41, 5.74) is 1.19. The molecule has 2 heterocycles. The first-order valence-corrected chi connectivity index (χ1v) is 8.42. The van der Waals surface area contributed by atoms with Crippen LogP contribution in [0.4, 0.5) is 0 Å². The van der Waals surface area contributed by atoms with Crippen molar-refractivity contribution in [1.82, 2.24) is 15.0 Å². The molecule has 0 bridgehead atoms. The third-order valence-corrected chi connectivity index (χ3v) is 4.48. The van der Waals surface area contributed by atoms with E-state index in [4.69, 9.17) is 9.26 Å². The van der Waals surface area contributed by atoms with Crippen molar-refractivity contribution in [2.75, 3.05) is 20.2 Å². The van der Waals surface area contributed by atoms with Gasteiger partial charge >= 0.3 is 0 Å². The molecule has 1 atom stereocenters. The summed E-state index contributed by atoms with van der Waals surface area (Å²) in [5.74, 6) is 2.58. The van der Waals surface area contributed by atoms with Crippen LogP contribution in [0.3, 0.4) is 0 Å². The summed E-state index contributed by atoms with van der Waals surface area (Å²) < 4.78 is 10.5. The van der Waals surface area contributed by atoms with E-state index in [0.717, 1.165) is 30.8 Å². The molecule has 1 fully saturated rings. The van der Waals surface area contributed by atoms with E-state index in [1.54, 1.807) is 7.11 Å². The summed E-state index contributed by atoms with van der Waals surface area (Å²) in [6.45, 7) is 3.36. The molecular formula is C18H23N3O3. The van der Waals surface area contributed by atoms with Crippen LogP contribution in [0.1, 0.15) is 43.0 Å². The average molecular weight is 329 g/mol. The molecule has 0 saturated carbocycles. The van der Waals surface area contributed by atoms with Gasteiger partial charge in [-0.25, -0.2) is 0 Å². The summed E-state index contributed by atoms with van der Waals surface area (Å²) in [7, 11) is 1.66. The fourth-order valence-electron chi connectivity index (χ4n) is 2.97. The Hall–Kier alpha value is -2.37. The zero-order valence-corrected chi connectivity index (χ0v) is 14.2. The third kappa shape index (κ3) is 3.75. The number of ether oxygens (including phenoxy) is 1. The van der Waals surface area contributed by atoms with Crippen molar-refractivity contribution >= 4 is 5.91 Å². The SMILES string of the molecule is CCc1noc(C2CCC(=O)N(CCc3ccc(OC)cc3)C2)n1. The van der Waals surface area contributed by atoms with Gasteiger partial charge < -0.3 is 14.2 Å². The fraction of sp³-hybridized carbons (Fsp3) is 0.500. The maximum Gasteiger partial charge on any atom is 0.231 e. The van der Waals surface area contributed by atoms with Gasteiger partial charge in [0.2, 0.25) is 11.8 Å². The van der Waals surface area contributed by atoms with E-state index in [2.05, 4.69) is 10.1 Å². The molecule has 1 saturated heterocycles. The molecule has 128 valence electrons. The molecule has 6 heteroatoms. The van der Waals surface area contributed by atoms with Crippen molar-refractivity contribution < 1.29 is 14.1 Å². The number of carbonyl (C=O) groups excluding carboxylic acids is 1. The third-order valence-electron chi connectivity index (χ3n) is 4.48. The van der Waals surface area contributed by atoms with Gasteiger partial charge in [-0.15, -0.1) is 0 Å². The molecule has 1 unspecified atom stereocenters. The number of amides is 1. The number of aryl methyl sites for hydroxylation is 1. The van der Waals surface area contributed by atoms with Crippen LogP contribution in [-0.2, 0) is 17.6 Å². The predicted molar refractivity (Wildman–Crippen MR) is 88.9 cm³/mol. The minimum atomic E-state index is 0.145. The number of aromatic nitrogens is 2. The Morgan fingerprint density at radius 3 is 2.79 bits per heavy atom. The molecule has 1 aliphatic rings. The van der Waals surface area contributed by atoms with Crippen LogP contribution in [0.25, 0.3) is 0 Å². The zero-order chi connectivity index (χ0) is 16.9. The molecule has 0 N–H and O–H groups in total. The van der Waals surface area contributed by atoms with Crippen molar-refractivity contribution in [3.05, 3.63) is 41.5 Å². The van der Waals surface area contributed by atoms with Crippen LogP contribution in [0.15, 0.2) is 28.8 Å². The molecule has 1 aromatic heterocycles. The van der Waals surface area contributed by atoms with Crippen molar-refractivity contribution in [1.29, 1.82) is 0 Å².